The molecule has 0 saturated carbocycles. The molecule has 3 N–H and O–H groups in total. The van der Waals surface area contributed by atoms with Gasteiger partial charge in [-0.15, -0.1) is 0 Å². The Hall–Kier alpha value is -2.77. The summed E-state index contributed by atoms with van der Waals surface area (Å²) in [6, 6.07) is 10.8. The molecule has 7 nitrogen and oxygen atoms in total. The van der Waals surface area contributed by atoms with Crippen LogP contribution >= 0.6 is 11.6 Å². The minimum absolute atomic E-state index is 0.0246. The average Bonchev–Trinajstić information content (AvgIpc) is 3.40. The number of nitrogens with one attached hydrogen (secondary N) is 1. The smallest absolute Gasteiger partial charge is 0.259 e. The molecular weight excluding hydrogens is 370 g/mol. The zero-order valence-electron chi connectivity index (χ0n) is 14.4. The number of benzene rings is 1. The molecule has 1 aliphatic heterocycles. The van der Waals surface area contributed by atoms with E-state index in [1.165, 1.54) is 0 Å². The molecule has 0 bridgehead atoms. The highest BCUT2D eigenvalue weighted by Gasteiger charge is 2.26. The van der Waals surface area contributed by atoms with Crippen molar-refractivity contribution in [3.8, 4) is 22.8 Å². The van der Waals surface area contributed by atoms with Crippen LogP contribution < -0.4 is 11.1 Å². The lowest BCUT2D eigenvalue weighted by Gasteiger charge is -2.10. The Kier molecular flexibility index (Phi) is 4.87. The number of anilines is 1. The first-order valence-corrected chi connectivity index (χ1v) is 9.00. The first-order valence-electron chi connectivity index (χ1n) is 8.63. The quantitative estimate of drug-likeness (QED) is 0.691. The van der Waals surface area contributed by atoms with Crippen molar-refractivity contribution < 1.29 is 18.5 Å². The molecule has 2 aromatic heterocycles. The van der Waals surface area contributed by atoms with Gasteiger partial charge in [-0.25, -0.2) is 0 Å². The Morgan fingerprint density at radius 1 is 1.30 bits per heavy atom. The number of carbonyl (C=O) groups excluding carboxylic acids is 1. The van der Waals surface area contributed by atoms with Crippen molar-refractivity contribution in [2.75, 3.05) is 18.9 Å². The molecule has 1 unspecified atom stereocenters. The third-order valence-corrected chi connectivity index (χ3v) is 4.64. The summed E-state index contributed by atoms with van der Waals surface area (Å²) in [7, 11) is 0. The van der Waals surface area contributed by atoms with Crippen LogP contribution in [0.2, 0.25) is 5.02 Å². The highest BCUT2D eigenvalue weighted by atomic mass is 35.5. The van der Waals surface area contributed by atoms with Gasteiger partial charge in [-0.1, -0.05) is 28.9 Å². The fourth-order valence-electron chi connectivity index (χ4n) is 3.05. The van der Waals surface area contributed by atoms with Gasteiger partial charge in [-0.05, 0) is 37.1 Å². The van der Waals surface area contributed by atoms with Crippen molar-refractivity contribution in [1.29, 1.82) is 0 Å². The van der Waals surface area contributed by atoms with Gasteiger partial charge in [0.05, 0.1) is 6.10 Å². The van der Waals surface area contributed by atoms with Crippen molar-refractivity contribution in [3.05, 3.63) is 47.0 Å². The van der Waals surface area contributed by atoms with Crippen molar-refractivity contribution in [1.82, 2.24) is 10.5 Å². The van der Waals surface area contributed by atoms with Crippen molar-refractivity contribution in [3.63, 3.8) is 0 Å². The monoisotopic (exact) mass is 387 g/mol. The minimum atomic E-state index is -0.375. The number of rotatable bonds is 5. The summed E-state index contributed by atoms with van der Waals surface area (Å²) in [5.74, 6) is 0.544. The zero-order valence-corrected chi connectivity index (χ0v) is 15.2. The number of hydrogen-bond donors (Lipinski definition) is 2. The predicted molar refractivity (Wildman–Crippen MR) is 100 cm³/mol. The van der Waals surface area contributed by atoms with Crippen molar-refractivity contribution in [2.45, 2.75) is 18.9 Å². The van der Waals surface area contributed by atoms with E-state index in [2.05, 4.69) is 10.5 Å². The predicted octanol–water partition coefficient (Wildman–Crippen LogP) is 3.75. The second-order valence-corrected chi connectivity index (χ2v) is 6.73. The highest BCUT2D eigenvalue weighted by molar-refractivity contribution is 6.30. The fourth-order valence-corrected chi connectivity index (χ4v) is 3.24. The van der Waals surface area contributed by atoms with Crippen LogP contribution in [0.4, 0.5) is 5.88 Å². The van der Waals surface area contributed by atoms with Crippen molar-refractivity contribution >= 4 is 23.4 Å². The van der Waals surface area contributed by atoms with Gasteiger partial charge in [0.1, 0.15) is 11.3 Å². The summed E-state index contributed by atoms with van der Waals surface area (Å²) >= 11 is 6.03. The lowest BCUT2D eigenvalue weighted by Crippen LogP contribution is -2.32. The summed E-state index contributed by atoms with van der Waals surface area (Å²) < 4.78 is 16.4. The number of halogens is 1. The topological polar surface area (TPSA) is 104 Å². The molecular formula is C19H18ClN3O4. The third-order valence-electron chi connectivity index (χ3n) is 4.41. The van der Waals surface area contributed by atoms with E-state index in [0.29, 0.717) is 23.1 Å². The summed E-state index contributed by atoms with van der Waals surface area (Å²) in [4.78, 5) is 12.6. The maximum absolute atomic E-state index is 12.6. The molecule has 1 atom stereocenters. The molecule has 3 heterocycles. The Labute approximate surface area is 160 Å². The third kappa shape index (κ3) is 3.70. The lowest BCUT2D eigenvalue weighted by molar-refractivity contribution is 0.0858. The number of furan rings is 1. The molecule has 1 fully saturated rings. The van der Waals surface area contributed by atoms with Crippen LogP contribution in [0.1, 0.15) is 23.2 Å². The Balaban J connectivity index is 1.57. The number of nitrogen functional groups attached to an aromatic ring is 1. The molecule has 27 heavy (non-hydrogen) atoms. The Bertz CT molecular complexity index is 960. The molecule has 1 aliphatic rings. The second kappa shape index (κ2) is 7.46. The van der Waals surface area contributed by atoms with Gasteiger partial charge in [-0.3, -0.25) is 4.79 Å². The molecule has 0 aliphatic carbocycles. The maximum Gasteiger partial charge on any atom is 0.259 e. The number of carbonyl (C=O) groups is 1. The molecule has 1 saturated heterocycles. The van der Waals surface area contributed by atoms with E-state index in [0.717, 1.165) is 25.0 Å². The van der Waals surface area contributed by atoms with E-state index >= 15 is 0 Å². The molecule has 1 aromatic carbocycles. The van der Waals surface area contributed by atoms with Crippen LogP contribution in [-0.2, 0) is 4.74 Å². The van der Waals surface area contributed by atoms with Crippen LogP contribution in [0.3, 0.4) is 0 Å². The minimum Gasteiger partial charge on any atom is -0.454 e. The van der Waals surface area contributed by atoms with E-state index in [-0.39, 0.29) is 29.2 Å². The number of aromatic nitrogens is 1. The van der Waals surface area contributed by atoms with Crippen molar-refractivity contribution in [2.24, 2.45) is 0 Å². The zero-order chi connectivity index (χ0) is 18.8. The number of amides is 1. The van der Waals surface area contributed by atoms with Crippen LogP contribution in [0.15, 0.2) is 45.3 Å². The average molecular weight is 388 g/mol. The van der Waals surface area contributed by atoms with Gasteiger partial charge in [0.25, 0.3) is 5.91 Å². The van der Waals surface area contributed by atoms with E-state index < -0.39 is 0 Å². The van der Waals surface area contributed by atoms with Crippen LogP contribution in [0.25, 0.3) is 22.8 Å². The first-order chi connectivity index (χ1) is 13.1. The van der Waals surface area contributed by atoms with Gasteiger partial charge in [-0.2, -0.15) is 0 Å². The fraction of sp³-hybridized carbons (Fsp3) is 0.263. The summed E-state index contributed by atoms with van der Waals surface area (Å²) in [5.41, 5.74) is 7.04. The van der Waals surface area contributed by atoms with Crippen LogP contribution in [-0.4, -0.2) is 30.3 Å². The highest BCUT2D eigenvalue weighted by Crippen LogP contribution is 2.32. The number of nitrogens with two attached hydrogens (primary N) is 1. The first kappa shape index (κ1) is 17.6. The lowest BCUT2D eigenvalue weighted by atomic mass is 10.1. The summed E-state index contributed by atoms with van der Waals surface area (Å²) in [6.07, 6.45) is 1.95. The van der Waals surface area contributed by atoms with Gasteiger partial charge in [0, 0.05) is 23.7 Å². The number of nitrogens with zero attached hydrogens (tertiary/aromatic N) is 1. The maximum atomic E-state index is 12.6. The molecule has 1 amide bonds. The Morgan fingerprint density at radius 2 is 2.15 bits per heavy atom. The molecule has 8 heteroatoms. The Morgan fingerprint density at radius 3 is 2.93 bits per heavy atom. The van der Waals surface area contributed by atoms with Gasteiger partial charge < -0.3 is 24.7 Å². The van der Waals surface area contributed by atoms with Gasteiger partial charge in [0.2, 0.25) is 5.88 Å². The normalized spacial score (nSPS) is 16.6. The molecule has 0 radical (unpaired) electrons. The molecule has 3 aromatic rings. The molecule has 0 spiro atoms. The standard InChI is InChI=1S/C19H18ClN3O4/c20-12-4-1-3-11(9-12)14-6-7-15(26-14)17-16(18(21)27-23-17)19(24)22-10-13-5-2-8-25-13/h1,3-4,6-7,9,13H,2,5,8,10,21H2,(H,22,24). The van der Waals surface area contributed by atoms with Crippen LogP contribution in [0.5, 0.6) is 0 Å². The summed E-state index contributed by atoms with van der Waals surface area (Å²) in [6.45, 7) is 1.13. The van der Waals surface area contributed by atoms with Gasteiger partial charge in [0.15, 0.2) is 11.5 Å². The number of hydrogen-bond acceptors (Lipinski definition) is 6. The van der Waals surface area contributed by atoms with Crippen LogP contribution in [0, 0.1) is 0 Å². The van der Waals surface area contributed by atoms with Gasteiger partial charge >= 0.3 is 0 Å². The van der Waals surface area contributed by atoms with E-state index in [9.17, 15) is 4.79 Å². The van der Waals surface area contributed by atoms with E-state index in [4.69, 9.17) is 31.0 Å². The molecule has 140 valence electrons. The van der Waals surface area contributed by atoms with E-state index in [1.807, 2.05) is 12.1 Å². The largest absolute Gasteiger partial charge is 0.454 e. The van der Waals surface area contributed by atoms with E-state index in [1.54, 1.807) is 24.3 Å². The summed E-state index contributed by atoms with van der Waals surface area (Å²) in [5, 5.41) is 7.32. The molecule has 4 rings (SSSR count). The number of ether oxygens (including phenoxy) is 1. The SMILES string of the molecule is Nc1onc(-c2ccc(-c3cccc(Cl)c3)o2)c1C(=O)NCC1CCCO1. The second-order valence-electron chi connectivity index (χ2n) is 6.29.